The summed E-state index contributed by atoms with van der Waals surface area (Å²) in [6, 6.07) is 34.6. The van der Waals surface area contributed by atoms with Crippen LogP contribution in [0, 0.1) is 14.9 Å². The van der Waals surface area contributed by atoms with E-state index in [1.165, 1.54) is 44.5 Å². The first kappa shape index (κ1) is 23.4. The molecule has 0 bridgehead atoms. The number of rotatable bonds is 0. The van der Waals surface area contributed by atoms with Crippen LogP contribution in [0.25, 0.3) is 22.3 Å². The molecule has 0 saturated carbocycles. The van der Waals surface area contributed by atoms with Gasteiger partial charge in [-0.05, 0) is 57.3 Å². The van der Waals surface area contributed by atoms with E-state index >= 15 is 0 Å². The minimum atomic E-state index is 0. The minimum absolute atomic E-state index is 0. The predicted octanol–water partition coefficient (Wildman–Crippen LogP) is 7.04. The van der Waals surface area contributed by atoms with E-state index in [0.29, 0.717) is 0 Å². The molecule has 0 atom stereocenters. The fourth-order valence-electron chi connectivity index (χ4n) is 4.16. The third kappa shape index (κ3) is 4.51. The number of hydrogen-bond donors (Lipinski definition) is 0. The van der Waals surface area contributed by atoms with Gasteiger partial charge in [-0.3, -0.25) is 0 Å². The van der Waals surface area contributed by atoms with Crippen LogP contribution in [0.1, 0.15) is 22.3 Å². The summed E-state index contributed by atoms with van der Waals surface area (Å²) in [5.74, 6) is 0. The van der Waals surface area contributed by atoms with E-state index in [-0.39, 0.29) is 52.6 Å². The Morgan fingerprint density at radius 3 is 0.793 bits per heavy atom. The first-order chi connectivity index (χ1) is 12.9. The molecule has 29 heavy (non-hydrogen) atoms. The molecule has 0 heterocycles. The maximum atomic E-state index is 2.22. The molecule has 2 aliphatic rings. The van der Waals surface area contributed by atoms with Gasteiger partial charge < -0.3 is 14.9 Å². The molecule has 0 saturated heterocycles. The quantitative estimate of drug-likeness (QED) is 0.189. The van der Waals surface area contributed by atoms with Crippen molar-refractivity contribution in [2.75, 3.05) is 0 Å². The van der Waals surface area contributed by atoms with Crippen molar-refractivity contribution in [3.05, 3.63) is 134 Å². The molecule has 0 aliphatic heterocycles. The van der Waals surface area contributed by atoms with E-state index in [9.17, 15) is 0 Å². The van der Waals surface area contributed by atoms with Crippen LogP contribution < -0.4 is 0 Å². The van der Waals surface area contributed by atoms with Crippen LogP contribution in [0.4, 0.5) is 0 Å². The third-order valence-corrected chi connectivity index (χ3v) is 5.41. The zero-order chi connectivity index (χ0) is 17.3. The normalized spacial score (nSPS) is 11.0. The number of hydrogen-bond acceptors (Lipinski definition) is 0. The van der Waals surface area contributed by atoms with Gasteiger partial charge in [0.2, 0.25) is 0 Å². The van der Waals surface area contributed by atoms with Crippen LogP contribution in [0.3, 0.4) is 0 Å². The summed E-state index contributed by atoms with van der Waals surface area (Å²) < 4.78 is 0. The SMILES string of the molecule is [CH3-].[CH3-].[Ca+2].c1ccc2c(c1)Cc1ccccc1-2.c1ccc2c(c1)Cc1ccccc1-2. The van der Waals surface area contributed by atoms with Crippen LogP contribution in [0.5, 0.6) is 0 Å². The Hall–Kier alpha value is -1.86. The van der Waals surface area contributed by atoms with Crippen LogP contribution in [-0.4, -0.2) is 37.7 Å². The topological polar surface area (TPSA) is 0 Å². The Balaban J connectivity index is 0.000000187. The molecule has 0 fully saturated rings. The predicted molar refractivity (Wildman–Crippen MR) is 128 cm³/mol. The second kappa shape index (κ2) is 10.3. The zero-order valence-electron chi connectivity index (χ0n) is 17.4. The molecule has 0 spiro atoms. The Kier molecular flexibility index (Phi) is 8.28. The summed E-state index contributed by atoms with van der Waals surface area (Å²) in [5, 5.41) is 0. The molecule has 2 aliphatic carbocycles. The van der Waals surface area contributed by atoms with Crippen molar-refractivity contribution in [2.24, 2.45) is 0 Å². The molecule has 0 radical (unpaired) electrons. The van der Waals surface area contributed by atoms with E-state index in [1.807, 2.05) is 0 Å². The van der Waals surface area contributed by atoms with Gasteiger partial charge in [0.1, 0.15) is 0 Å². The molecule has 6 rings (SSSR count). The van der Waals surface area contributed by atoms with Crippen molar-refractivity contribution in [1.29, 1.82) is 0 Å². The van der Waals surface area contributed by atoms with Crippen molar-refractivity contribution < 1.29 is 0 Å². The molecule has 140 valence electrons. The van der Waals surface area contributed by atoms with E-state index in [0.717, 1.165) is 12.8 Å². The zero-order valence-corrected chi connectivity index (χ0v) is 19.6. The van der Waals surface area contributed by atoms with E-state index < -0.39 is 0 Å². The molecule has 4 aromatic carbocycles. The van der Waals surface area contributed by atoms with Crippen LogP contribution in [0.2, 0.25) is 0 Å². The fraction of sp³-hybridized carbons (Fsp3) is 0.0714. The van der Waals surface area contributed by atoms with Crippen LogP contribution >= 0.6 is 0 Å². The second-order valence-electron chi connectivity index (χ2n) is 6.98. The monoisotopic (exact) mass is 402 g/mol. The van der Waals surface area contributed by atoms with Gasteiger partial charge in [-0.15, -0.1) is 0 Å². The summed E-state index contributed by atoms with van der Waals surface area (Å²) in [6.07, 6.45) is 2.21. The molecule has 4 aromatic rings. The Bertz CT molecular complexity index is 918. The summed E-state index contributed by atoms with van der Waals surface area (Å²) >= 11 is 0. The molecule has 0 amide bonds. The van der Waals surface area contributed by atoms with Crippen molar-refractivity contribution in [1.82, 2.24) is 0 Å². The summed E-state index contributed by atoms with van der Waals surface area (Å²) in [4.78, 5) is 0. The standard InChI is InChI=1S/2C13H10.2CH3.Ca/c2*1-3-7-12-10(5-1)9-11-6-2-4-8-13(11)12;;;/h2*1-8H,9H2;2*1H3;/q;;2*-1;+2. The first-order valence-corrected chi connectivity index (χ1v) is 9.22. The van der Waals surface area contributed by atoms with Gasteiger partial charge in [0.15, 0.2) is 0 Å². The Labute approximate surface area is 205 Å². The summed E-state index contributed by atoms with van der Waals surface area (Å²) in [5.41, 5.74) is 11.5. The van der Waals surface area contributed by atoms with Gasteiger partial charge >= 0.3 is 37.7 Å². The minimum Gasteiger partial charge on any atom is -0.358 e. The number of benzene rings is 4. The smallest absolute Gasteiger partial charge is 0.358 e. The first-order valence-electron chi connectivity index (χ1n) is 9.22. The van der Waals surface area contributed by atoms with Gasteiger partial charge in [-0.1, -0.05) is 97.1 Å². The summed E-state index contributed by atoms with van der Waals surface area (Å²) in [7, 11) is 0. The van der Waals surface area contributed by atoms with Gasteiger partial charge in [0.25, 0.3) is 0 Å². The average Bonchev–Trinajstić information content (AvgIpc) is 3.27. The van der Waals surface area contributed by atoms with Gasteiger partial charge in [-0.25, -0.2) is 0 Å². The maximum Gasteiger partial charge on any atom is 2.00 e. The Morgan fingerprint density at radius 1 is 0.345 bits per heavy atom. The molecular formula is C28H26Ca. The van der Waals surface area contributed by atoms with Crippen molar-refractivity contribution >= 4 is 37.7 Å². The Morgan fingerprint density at radius 2 is 0.552 bits per heavy atom. The van der Waals surface area contributed by atoms with E-state index in [4.69, 9.17) is 0 Å². The second-order valence-corrected chi connectivity index (χ2v) is 6.98. The van der Waals surface area contributed by atoms with Gasteiger partial charge in [0.05, 0.1) is 0 Å². The van der Waals surface area contributed by atoms with Crippen molar-refractivity contribution in [3.63, 3.8) is 0 Å². The maximum absolute atomic E-state index is 2.22. The molecular weight excluding hydrogens is 376 g/mol. The van der Waals surface area contributed by atoms with Crippen molar-refractivity contribution in [2.45, 2.75) is 12.8 Å². The van der Waals surface area contributed by atoms with Gasteiger partial charge in [0, 0.05) is 0 Å². The van der Waals surface area contributed by atoms with E-state index in [2.05, 4.69) is 97.1 Å². The number of fused-ring (bicyclic) bond motifs is 6. The molecule has 0 unspecified atom stereocenters. The third-order valence-electron chi connectivity index (χ3n) is 5.41. The average molecular weight is 403 g/mol. The van der Waals surface area contributed by atoms with Crippen LogP contribution in [0.15, 0.2) is 97.1 Å². The largest absolute Gasteiger partial charge is 2.00 e. The summed E-state index contributed by atoms with van der Waals surface area (Å²) in [6.45, 7) is 0. The van der Waals surface area contributed by atoms with Gasteiger partial charge in [-0.2, -0.15) is 0 Å². The molecule has 0 N–H and O–H groups in total. The molecule has 0 aromatic heterocycles. The molecule has 1 heteroatoms. The fourth-order valence-corrected chi connectivity index (χ4v) is 4.16. The van der Waals surface area contributed by atoms with Crippen molar-refractivity contribution in [3.8, 4) is 22.3 Å². The molecule has 0 nitrogen and oxygen atoms in total. The van der Waals surface area contributed by atoms with Crippen LogP contribution in [-0.2, 0) is 12.8 Å². The van der Waals surface area contributed by atoms with E-state index in [1.54, 1.807) is 0 Å².